The van der Waals surface area contributed by atoms with E-state index in [2.05, 4.69) is 5.32 Å². The number of aliphatic hydroxyl groups is 1. The Bertz CT molecular complexity index is 450. The summed E-state index contributed by atoms with van der Waals surface area (Å²) in [5.41, 5.74) is -1.07. The van der Waals surface area contributed by atoms with Crippen LogP contribution in [-0.4, -0.2) is 17.8 Å². The molecule has 1 aromatic carbocycles. The van der Waals surface area contributed by atoms with Gasteiger partial charge in [-0.15, -0.1) is 0 Å². The Morgan fingerprint density at radius 2 is 2.11 bits per heavy atom. The van der Waals surface area contributed by atoms with E-state index in [0.717, 1.165) is 12.1 Å². The highest BCUT2D eigenvalue weighted by atomic mass is 19.4. The molecule has 0 aliphatic rings. The Morgan fingerprint density at radius 3 is 2.61 bits per heavy atom. The first-order valence-electron chi connectivity index (χ1n) is 5.38. The Balaban J connectivity index is 2.88. The van der Waals surface area contributed by atoms with Crippen LogP contribution < -0.4 is 5.32 Å². The molecule has 1 rings (SSSR count). The third-order valence-electron chi connectivity index (χ3n) is 2.34. The average Bonchev–Trinajstić information content (AvgIpc) is 2.27. The summed E-state index contributed by atoms with van der Waals surface area (Å²) >= 11 is 0. The molecule has 1 unspecified atom stereocenters. The number of hydrogen-bond acceptors (Lipinski definition) is 3. The molecule has 0 fully saturated rings. The number of aliphatic hydroxyl groups excluding tert-OH is 1. The lowest BCUT2D eigenvalue weighted by atomic mass is 10.1. The minimum atomic E-state index is -4.55. The highest BCUT2D eigenvalue weighted by molar-refractivity contribution is 5.53. The van der Waals surface area contributed by atoms with Gasteiger partial charge in [0.25, 0.3) is 0 Å². The van der Waals surface area contributed by atoms with Crippen LogP contribution in [0, 0.1) is 11.3 Å². The van der Waals surface area contributed by atoms with Crippen LogP contribution in [0.4, 0.5) is 18.9 Å². The zero-order valence-corrected chi connectivity index (χ0v) is 9.75. The zero-order chi connectivity index (χ0) is 13.8. The molecule has 0 saturated heterocycles. The Labute approximate surface area is 103 Å². The highest BCUT2D eigenvalue weighted by Crippen LogP contribution is 2.33. The molecule has 2 N–H and O–H groups in total. The van der Waals surface area contributed by atoms with Crippen LogP contribution in [0.25, 0.3) is 0 Å². The second-order valence-electron chi connectivity index (χ2n) is 3.93. The predicted octanol–water partition coefficient (Wildman–Crippen LogP) is 2.76. The number of hydrogen-bond donors (Lipinski definition) is 2. The van der Waals surface area contributed by atoms with Crippen LogP contribution in [-0.2, 0) is 6.18 Å². The lowest BCUT2D eigenvalue weighted by molar-refractivity contribution is -0.137. The summed E-state index contributed by atoms with van der Waals surface area (Å²) in [6.45, 7) is 1.96. The largest absolute Gasteiger partial charge is 0.417 e. The highest BCUT2D eigenvalue weighted by Gasteiger charge is 2.33. The maximum absolute atomic E-state index is 12.6. The SMILES string of the molecule is CC(O)CCNc1ccc(C#N)c(C(F)(F)F)c1. The van der Waals surface area contributed by atoms with Crippen molar-refractivity contribution in [2.24, 2.45) is 0 Å². The van der Waals surface area contributed by atoms with E-state index in [4.69, 9.17) is 10.4 Å². The lowest BCUT2D eigenvalue weighted by Crippen LogP contribution is -2.12. The van der Waals surface area contributed by atoms with Gasteiger partial charge in [0, 0.05) is 12.2 Å². The first-order valence-corrected chi connectivity index (χ1v) is 5.38. The van der Waals surface area contributed by atoms with E-state index in [9.17, 15) is 13.2 Å². The second-order valence-corrected chi connectivity index (χ2v) is 3.93. The number of benzene rings is 1. The number of halogens is 3. The molecule has 1 atom stereocenters. The van der Waals surface area contributed by atoms with Gasteiger partial charge in [0.15, 0.2) is 0 Å². The van der Waals surface area contributed by atoms with Crippen molar-refractivity contribution in [2.45, 2.75) is 25.6 Å². The molecule has 0 bridgehead atoms. The van der Waals surface area contributed by atoms with Gasteiger partial charge in [-0.3, -0.25) is 0 Å². The van der Waals surface area contributed by atoms with Gasteiger partial charge in [-0.05, 0) is 31.5 Å². The van der Waals surface area contributed by atoms with Gasteiger partial charge in [-0.1, -0.05) is 0 Å². The molecular formula is C12H13F3N2O. The Hall–Kier alpha value is -1.74. The number of rotatable bonds is 4. The van der Waals surface area contributed by atoms with Crippen LogP contribution in [0.1, 0.15) is 24.5 Å². The first-order chi connectivity index (χ1) is 8.34. The van der Waals surface area contributed by atoms with Crippen molar-refractivity contribution in [3.63, 3.8) is 0 Å². The van der Waals surface area contributed by atoms with Gasteiger partial charge < -0.3 is 10.4 Å². The fourth-order valence-electron chi connectivity index (χ4n) is 1.41. The van der Waals surface area contributed by atoms with E-state index in [1.807, 2.05) is 0 Å². The topological polar surface area (TPSA) is 56.0 Å². The molecule has 0 aliphatic carbocycles. The second kappa shape index (κ2) is 5.74. The van der Waals surface area contributed by atoms with Gasteiger partial charge in [0.1, 0.15) is 0 Å². The number of nitrogens with one attached hydrogen (secondary N) is 1. The fourth-order valence-corrected chi connectivity index (χ4v) is 1.41. The van der Waals surface area contributed by atoms with Crippen molar-refractivity contribution in [1.82, 2.24) is 0 Å². The number of alkyl halides is 3. The minimum absolute atomic E-state index is 0.280. The van der Waals surface area contributed by atoms with E-state index < -0.39 is 23.4 Å². The van der Waals surface area contributed by atoms with Gasteiger partial charge in [0.05, 0.1) is 23.3 Å². The monoisotopic (exact) mass is 258 g/mol. The molecule has 0 radical (unpaired) electrons. The maximum Gasteiger partial charge on any atom is 0.417 e. The molecule has 98 valence electrons. The van der Waals surface area contributed by atoms with Gasteiger partial charge in [-0.25, -0.2) is 0 Å². The van der Waals surface area contributed by atoms with Gasteiger partial charge in [0.2, 0.25) is 0 Å². The molecule has 0 aromatic heterocycles. The molecule has 0 spiro atoms. The number of nitrogens with zero attached hydrogens (tertiary/aromatic N) is 1. The van der Waals surface area contributed by atoms with Crippen LogP contribution in [0.15, 0.2) is 18.2 Å². The molecule has 0 amide bonds. The Morgan fingerprint density at radius 1 is 1.44 bits per heavy atom. The van der Waals surface area contributed by atoms with Crippen molar-refractivity contribution in [1.29, 1.82) is 5.26 Å². The van der Waals surface area contributed by atoms with Gasteiger partial charge in [-0.2, -0.15) is 18.4 Å². The predicted molar refractivity (Wildman–Crippen MR) is 60.9 cm³/mol. The summed E-state index contributed by atoms with van der Waals surface area (Å²) in [7, 11) is 0. The van der Waals surface area contributed by atoms with Crippen molar-refractivity contribution in [3.8, 4) is 6.07 Å². The van der Waals surface area contributed by atoms with E-state index in [1.54, 1.807) is 6.92 Å². The van der Waals surface area contributed by atoms with E-state index in [-0.39, 0.29) is 5.69 Å². The quantitative estimate of drug-likeness (QED) is 0.873. The molecule has 1 aromatic rings. The Kier molecular flexibility index (Phi) is 4.56. The van der Waals surface area contributed by atoms with Crippen molar-refractivity contribution < 1.29 is 18.3 Å². The van der Waals surface area contributed by atoms with E-state index in [0.29, 0.717) is 13.0 Å². The smallest absolute Gasteiger partial charge is 0.393 e. The molecule has 0 aliphatic heterocycles. The number of nitriles is 1. The standard InChI is InChI=1S/C12H13F3N2O/c1-8(18)4-5-17-10-3-2-9(7-16)11(6-10)12(13,14)15/h2-3,6,8,17-18H,4-5H2,1H3. The van der Waals surface area contributed by atoms with Crippen molar-refractivity contribution in [2.75, 3.05) is 11.9 Å². The van der Waals surface area contributed by atoms with Gasteiger partial charge >= 0.3 is 6.18 Å². The van der Waals surface area contributed by atoms with Crippen LogP contribution in [0.3, 0.4) is 0 Å². The van der Waals surface area contributed by atoms with E-state index >= 15 is 0 Å². The summed E-state index contributed by atoms with van der Waals surface area (Å²) < 4.78 is 37.9. The number of anilines is 1. The molecule has 18 heavy (non-hydrogen) atoms. The summed E-state index contributed by atoms with van der Waals surface area (Å²) in [5, 5.41) is 20.4. The maximum atomic E-state index is 12.6. The summed E-state index contributed by atoms with van der Waals surface area (Å²) in [4.78, 5) is 0. The van der Waals surface area contributed by atoms with Crippen LogP contribution >= 0.6 is 0 Å². The average molecular weight is 258 g/mol. The third-order valence-corrected chi connectivity index (χ3v) is 2.34. The van der Waals surface area contributed by atoms with Crippen LogP contribution in [0.5, 0.6) is 0 Å². The zero-order valence-electron chi connectivity index (χ0n) is 9.75. The lowest BCUT2D eigenvalue weighted by Gasteiger charge is -2.12. The van der Waals surface area contributed by atoms with Crippen molar-refractivity contribution in [3.05, 3.63) is 29.3 Å². The van der Waals surface area contributed by atoms with Crippen molar-refractivity contribution >= 4 is 5.69 Å². The molecule has 6 heteroatoms. The van der Waals surface area contributed by atoms with E-state index in [1.165, 1.54) is 12.1 Å². The fraction of sp³-hybridized carbons (Fsp3) is 0.417. The first kappa shape index (κ1) is 14.3. The third kappa shape index (κ3) is 3.93. The summed E-state index contributed by atoms with van der Waals surface area (Å²) in [5.74, 6) is 0. The normalized spacial score (nSPS) is 12.9. The molecule has 3 nitrogen and oxygen atoms in total. The molecular weight excluding hydrogens is 245 g/mol. The summed E-state index contributed by atoms with van der Waals surface area (Å²) in [6.07, 6.45) is -4.63. The molecule has 0 saturated carbocycles. The minimum Gasteiger partial charge on any atom is -0.393 e. The molecule has 0 heterocycles. The van der Waals surface area contributed by atoms with Crippen LogP contribution in [0.2, 0.25) is 0 Å². The summed E-state index contributed by atoms with van der Waals surface area (Å²) in [6, 6.07) is 4.96.